The average Bonchev–Trinajstić information content (AvgIpc) is 2.52. The molecule has 0 aliphatic heterocycles. The Balaban J connectivity index is 1.94. The largest absolute Gasteiger partial charge is 0.387 e. The smallest absolute Gasteiger partial charge is 0.251 e. The molecule has 1 atom stereocenters. The number of aliphatic hydroxyl groups excluding tert-OH is 1. The van der Waals surface area contributed by atoms with Gasteiger partial charge in [-0.2, -0.15) is 0 Å². The second-order valence-electron chi connectivity index (χ2n) is 5.22. The van der Waals surface area contributed by atoms with E-state index in [1.165, 1.54) is 0 Å². The maximum atomic E-state index is 12.0. The van der Waals surface area contributed by atoms with Gasteiger partial charge in [0.15, 0.2) is 0 Å². The van der Waals surface area contributed by atoms with E-state index in [1.807, 2.05) is 43.3 Å². The summed E-state index contributed by atoms with van der Waals surface area (Å²) in [6.07, 6.45) is -0.751. The molecular formula is C17H19ClN2O2. The third-order valence-corrected chi connectivity index (χ3v) is 3.57. The molecule has 22 heavy (non-hydrogen) atoms. The summed E-state index contributed by atoms with van der Waals surface area (Å²) in [6, 6.07) is 14.3. The number of carbonyl (C=O) groups is 1. The first-order chi connectivity index (χ1) is 10.5. The molecule has 2 rings (SSSR count). The van der Waals surface area contributed by atoms with Gasteiger partial charge in [-0.1, -0.05) is 29.8 Å². The molecule has 0 spiro atoms. The fraction of sp³-hybridized carbons (Fsp3) is 0.235. The van der Waals surface area contributed by atoms with E-state index in [1.54, 1.807) is 24.3 Å². The van der Waals surface area contributed by atoms with Gasteiger partial charge in [0.25, 0.3) is 5.91 Å². The molecule has 0 bridgehead atoms. The highest BCUT2D eigenvalue weighted by molar-refractivity contribution is 6.30. The minimum absolute atomic E-state index is 0.145. The molecule has 0 aliphatic carbocycles. The first kappa shape index (κ1) is 16.3. The van der Waals surface area contributed by atoms with Crippen molar-refractivity contribution in [2.45, 2.75) is 6.10 Å². The second-order valence-corrected chi connectivity index (χ2v) is 5.66. The number of nitrogens with one attached hydrogen (secondary N) is 1. The maximum Gasteiger partial charge on any atom is 0.251 e. The lowest BCUT2D eigenvalue weighted by molar-refractivity contribution is 0.0916. The minimum atomic E-state index is -0.751. The van der Waals surface area contributed by atoms with E-state index in [0.717, 1.165) is 11.3 Å². The number of hydrogen-bond acceptors (Lipinski definition) is 3. The zero-order valence-electron chi connectivity index (χ0n) is 12.6. The highest BCUT2D eigenvalue weighted by atomic mass is 35.5. The summed E-state index contributed by atoms with van der Waals surface area (Å²) in [4.78, 5) is 14.0. The van der Waals surface area contributed by atoms with Crippen molar-refractivity contribution < 1.29 is 9.90 Å². The fourth-order valence-corrected chi connectivity index (χ4v) is 2.22. The van der Waals surface area contributed by atoms with E-state index in [9.17, 15) is 9.90 Å². The van der Waals surface area contributed by atoms with Gasteiger partial charge in [0.1, 0.15) is 0 Å². The summed E-state index contributed by atoms with van der Waals surface area (Å²) < 4.78 is 0. The van der Waals surface area contributed by atoms with E-state index in [4.69, 9.17) is 11.6 Å². The number of rotatable bonds is 5. The Kier molecular flexibility index (Phi) is 5.41. The topological polar surface area (TPSA) is 52.6 Å². The quantitative estimate of drug-likeness (QED) is 0.891. The number of aliphatic hydroxyl groups is 1. The molecule has 0 aliphatic rings. The Bertz CT molecular complexity index is 641. The molecule has 2 N–H and O–H groups in total. The molecular weight excluding hydrogens is 300 g/mol. The van der Waals surface area contributed by atoms with Gasteiger partial charge < -0.3 is 15.3 Å². The Morgan fingerprint density at radius 3 is 2.50 bits per heavy atom. The molecule has 0 saturated heterocycles. The first-order valence-electron chi connectivity index (χ1n) is 6.96. The molecule has 2 aromatic carbocycles. The average molecular weight is 319 g/mol. The van der Waals surface area contributed by atoms with Crippen LogP contribution in [0.2, 0.25) is 5.02 Å². The van der Waals surface area contributed by atoms with Crippen molar-refractivity contribution in [1.29, 1.82) is 0 Å². The number of benzene rings is 2. The van der Waals surface area contributed by atoms with Gasteiger partial charge in [0, 0.05) is 36.9 Å². The van der Waals surface area contributed by atoms with Crippen molar-refractivity contribution in [3.8, 4) is 0 Å². The van der Waals surface area contributed by atoms with Gasteiger partial charge in [-0.25, -0.2) is 0 Å². The van der Waals surface area contributed by atoms with Crippen LogP contribution in [0.5, 0.6) is 0 Å². The zero-order valence-corrected chi connectivity index (χ0v) is 13.3. The van der Waals surface area contributed by atoms with Crippen molar-refractivity contribution in [2.75, 3.05) is 25.5 Å². The van der Waals surface area contributed by atoms with E-state index in [2.05, 4.69) is 5.32 Å². The molecule has 0 aromatic heterocycles. The van der Waals surface area contributed by atoms with Crippen LogP contribution in [0, 0.1) is 0 Å². The van der Waals surface area contributed by atoms with Gasteiger partial charge in [-0.15, -0.1) is 0 Å². The van der Waals surface area contributed by atoms with Crippen LogP contribution >= 0.6 is 11.6 Å². The van der Waals surface area contributed by atoms with Crippen LogP contribution in [0.25, 0.3) is 0 Å². The van der Waals surface area contributed by atoms with E-state index >= 15 is 0 Å². The lowest BCUT2D eigenvalue weighted by Gasteiger charge is -2.15. The Morgan fingerprint density at radius 2 is 1.91 bits per heavy atom. The van der Waals surface area contributed by atoms with Crippen LogP contribution in [0.1, 0.15) is 22.0 Å². The second kappa shape index (κ2) is 7.29. The molecule has 0 heterocycles. The standard InChI is InChI=1S/C17H19ClN2O2/c1-20(2)15-8-6-12(7-9-15)16(21)11-19-17(22)13-4-3-5-14(18)10-13/h3-10,16,21H,11H2,1-2H3,(H,19,22)/t16-/m1/s1. The van der Waals surface area contributed by atoms with Gasteiger partial charge >= 0.3 is 0 Å². The molecule has 0 fully saturated rings. The predicted molar refractivity (Wildman–Crippen MR) is 89.5 cm³/mol. The third-order valence-electron chi connectivity index (χ3n) is 3.34. The highest BCUT2D eigenvalue weighted by Gasteiger charge is 2.11. The van der Waals surface area contributed by atoms with Crippen molar-refractivity contribution in [2.24, 2.45) is 0 Å². The number of amides is 1. The van der Waals surface area contributed by atoms with Crippen molar-refractivity contribution >= 4 is 23.2 Å². The summed E-state index contributed by atoms with van der Waals surface area (Å²) in [5.41, 5.74) is 2.29. The van der Waals surface area contributed by atoms with Gasteiger partial charge in [-0.05, 0) is 35.9 Å². The number of anilines is 1. The van der Waals surface area contributed by atoms with Gasteiger partial charge in [0.05, 0.1) is 6.10 Å². The lowest BCUT2D eigenvalue weighted by atomic mass is 10.1. The predicted octanol–water partition coefficient (Wildman–Crippen LogP) is 2.87. The molecule has 1 amide bonds. The lowest BCUT2D eigenvalue weighted by Crippen LogP contribution is -2.28. The molecule has 5 heteroatoms. The number of carbonyl (C=O) groups excluding carboxylic acids is 1. The van der Waals surface area contributed by atoms with E-state index in [0.29, 0.717) is 10.6 Å². The summed E-state index contributed by atoms with van der Waals surface area (Å²) >= 11 is 5.85. The van der Waals surface area contributed by atoms with Crippen LogP contribution in [0.4, 0.5) is 5.69 Å². The van der Waals surface area contributed by atoms with Crippen LogP contribution < -0.4 is 10.2 Å². The molecule has 4 nitrogen and oxygen atoms in total. The summed E-state index contributed by atoms with van der Waals surface area (Å²) in [6.45, 7) is 0.145. The summed E-state index contributed by atoms with van der Waals surface area (Å²) in [5, 5.41) is 13.4. The van der Waals surface area contributed by atoms with E-state index < -0.39 is 6.10 Å². The molecule has 116 valence electrons. The maximum absolute atomic E-state index is 12.0. The Morgan fingerprint density at radius 1 is 1.23 bits per heavy atom. The Labute approximate surface area is 135 Å². The fourth-order valence-electron chi connectivity index (χ4n) is 2.03. The molecule has 0 saturated carbocycles. The monoisotopic (exact) mass is 318 g/mol. The number of nitrogens with zero attached hydrogens (tertiary/aromatic N) is 1. The SMILES string of the molecule is CN(C)c1ccc([C@H](O)CNC(=O)c2cccc(Cl)c2)cc1. The van der Waals surface area contributed by atoms with Crippen LogP contribution in [0.3, 0.4) is 0 Å². The first-order valence-corrected chi connectivity index (χ1v) is 7.34. The molecule has 0 unspecified atom stereocenters. The van der Waals surface area contributed by atoms with Gasteiger partial charge in [0.2, 0.25) is 0 Å². The zero-order chi connectivity index (χ0) is 16.1. The van der Waals surface area contributed by atoms with Crippen molar-refractivity contribution in [3.63, 3.8) is 0 Å². The normalized spacial score (nSPS) is 11.8. The number of hydrogen-bond donors (Lipinski definition) is 2. The van der Waals surface area contributed by atoms with Crippen LogP contribution in [-0.4, -0.2) is 31.7 Å². The van der Waals surface area contributed by atoms with Crippen molar-refractivity contribution in [1.82, 2.24) is 5.32 Å². The summed E-state index contributed by atoms with van der Waals surface area (Å²) in [5.74, 6) is -0.258. The van der Waals surface area contributed by atoms with Crippen molar-refractivity contribution in [3.05, 3.63) is 64.7 Å². The van der Waals surface area contributed by atoms with Crippen LogP contribution in [-0.2, 0) is 0 Å². The number of halogens is 1. The van der Waals surface area contributed by atoms with Crippen LogP contribution in [0.15, 0.2) is 48.5 Å². The minimum Gasteiger partial charge on any atom is -0.387 e. The highest BCUT2D eigenvalue weighted by Crippen LogP contribution is 2.17. The molecule has 0 radical (unpaired) electrons. The Hall–Kier alpha value is -2.04. The molecule has 2 aromatic rings. The summed E-state index contributed by atoms with van der Waals surface area (Å²) in [7, 11) is 3.91. The van der Waals surface area contributed by atoms with E-state index in [-0.39, 0.29) is 12.5 Å². The third kappa shape index (κ3) is 4.23. The van der Waals surface area contributed by atoms with Gasteiger partial charge in [-0.3, -0.25) is 4.79 Å².